The Morgan fingerprint density at radius 2 is 1.76 bits per heavy atom. The fraction of sp³-hybridized carbons (Fsp3) is 0.923. The summed E-state index contributed by atoms with van der Waals surface area (Å²) in [6, 6.07) is -0.228. The molecule has 0 spiro atoms. The summed E-state index contributed by atoms with van der Waals surface area (Å²) in [7, 11) is 4.02. The van der Waals surface area contributed by atoms with Crippen molar-refractivity contribution >= 4 is 5.91 Å². The molecule has 0 aliphatic rings. The van der Waals surface area contributed by atoms with Gasteiger partial charge in [0.05, 0.1) is 6.04 Å². The van der Waals surface area contributed by atoms with Gasteiger partial charge in [0.2, 0.25) is 5.91 Å². The molecule has 4 nitrogen and oxygen atoms in total. The standard InChI is InChI=1S/C13H29N3O/c1-9(2)7-11(14)13(17)15-12(10(3)4)8-16(5)6/h9-12H,7-8,14H2,1-6H3,(H,15,17). The minimum atomic E-state index is -0.390. The first-order chi connectivity index (χ1) is 7.73. The zero-order valence-corrected chi connectivity index (χ0v) is 12.2. The summed E-state index contributed by atoms with van der Waals surface area (Å²) in [6.07, 6.45) is 0.735. The van der Waals surface area contributed by atoms with Crippen LogP contribution in [0.25, 0.3) is 0 Å². The van der Waals surface area contributed by atoms with Gasteiger partial charge in [-0.25, -0.2) is 0 Å². The third kappa shape index (κ3) is 7.34. The van der Waals surface area contributed by atoms with E-state index in [1.165, 1.54) is 0 Å². The molecule has 0 fully saturated rings. The molecule has 2 unspecified atom stereocenters. The van der Waals surface area contributed by atoms with Gasteiger partial charge in [-0.3, -0.25) is 4.79 Å². The number of rotatable bonds is 7. The van der Waals surface area contributed by atoms with Gasteiger partial charge in [-0.05, 0) is 32.4 Å². The number of likely N-dealkylation sites (N-methyl/N-ethyl adjacent to an activating group) is 1. The number of hydrogen-bond acceptors (Lipinski definition) is 3. The number of amides is 1. The lowest BCUT2D eigenvalue weighted by Gasteiger charge is -2.27. The zero-order valence-electron chi connectivity index (χ0n) is 12.2. The van der Waals surface area contributed by atoms with Crippen molar-refractivity contribution in [2.24, 2.45) is 17.6 Å². The molecule has 0 aromatic carbocycles. The van der Waals surface area contributed by atoms with Crippen LogP contribution in [0.2, 0.25) is 0 Å². The van der Waals surface area contributed by atoms with Gasteiger partial charge < -0.3 is 16.0 Å². The number of hydrogen-bond donors (Lipinski definition) is 2. The molecule has 0 rings (SSSR count). The van der Waals surface area contributed by atoms with Crippen LogP contribution in [0.15, 0.2) is 0 Å². The van der Waals surface area contributed by atoms with E-state index in [1.54, 1.807) is 0 Å². The normalized spacial score (nSPS) is 15.4. The van der Waals surface area contributed by atoms with Crippen LogP contribution in [-0.4, -0.2) is 43.5 Å². The highest BCUT2D eigenvalue weighted by atomic mass is 16.2. The highest BCUT2D eigenvalue weighted by molar-refractivity contribution is 5.81. The Labute approximate surface area is 106 Å². The van der Waals surface area contributed by atoms with Crippen LogP contribution in [-0.2, 0) is 4.79 Å². The summed E-state index contributed by atoms with van der Waals surface area (Å²) >= 11 is 0. The predicted molar refractivity (Wildman–Crippen MR) is 72.8 cm³/mol. The van der Waals surface area contributed by atoms with Crippen molar-refractivity contribution in [2.45, 2.75) is 46.2 Å². The Balaban J connectivity index is 4.29. The van der Waals surface area contributed by atoms with Crippen molar-refractivity contribution in [3.05, 3.63) is 0 Å². The minimum Gasteiger partial charge on any atom is -0.350 e. The number of nitrogens with two attached hydrogens (primary N) is 1. The molecule has 2 atom stereocenters. The quantitative estimate of drug-likeness (QED) is 0.703. The second-order valence-corrected chi connectivity index (χ2v) is 5.86. The summed E-state index contributed by atoms with van der Waals surface area (Å²) in [5.41, 5.74) is 5.87. The van der Waals surface area contributed by atoms with Crippen LogP contribution >= 0.6 is 0 Å². The first-order valence-electron chi connectivity index (χ1n) is 6.44. The van der Waals surface area contributed by atoms with Crippen molar-refractivity contribution in [3.63, 3.8) is 0 Å². The fourth-order valence-corrected chi connectivity index (χ4v) is 1.72. The van der Waals surface area contributed by atoms with Gasteiger partial charge in [0, 0.05) is 12.6 Å². The fourth-order valence-electron chi connectivity index (χ4n) is 1.72. The molecule has 1 amide bonds. The number of nitrogens with one attached hydrogen (secondary N) is 1. The molecule has 0 saturated carbocycles. The molecular formula is C13H29N3O. The second kappa shape index (κ2) is 7.67. The topological polar surface area (TPSA) is 58.4 Å². The van der Waals surface area contributed by atoms with E-state index in [4.69, 9.17) is 5.73 Å². The molecule has 4 heteroatoms. The first kappa shape index (κ1) is 16.4. The summed E-state index contributed by atoms with van der Waals surface area (Å²) in [4.78, 5) is 14.0. The molecular weight excluding hydrogens is 214 g/mol. The van der Waals surface area contributed by atoms with Gasteiger partial charge in [-0.15, -0.1) is 0 Å². The van der Waals surface area contributed by atoms with Gasteiger partial charge in [-0.2, -0.15) is 0 Å². The molecule has 17 heavy (non-hydrogen) atoms. The Bertz CT molecular complexity index is 227. The average Bonchev–Trinajstić information content (AvgIpc) is 2.14. The van der Waals surface area contributed by atoms with Crippen LogP contribution < -0.4 is 11.1 Å². The Hall–Kier alpha value is -0.610. The van der Waals surface area contributed by atoms with Crippen molar-refractivity contribution in [1.82, 2.24) is 10.2 Å². The SMILES string of the molecule is CC(C)CC(N)C(=O)NC(CN(C)C)C(C)C. The highest BCUT2D eigenvalue weighted by Gasteiger charge is 2.21. The summed E-state index contributed by atoms with van der Waals surface area (Å²) < 4.78 is 0. The monoisotopic (exact) mass is 243 g/mol. The van der Waals surface area contributed by atoms with Crippen LogP contribution in [0.1, 0.15) is 34.1 Å². The lowest BCUT2D eigenvalue weighted by Crippen LogP contribution is -2.51. The largest absolute Gasteiger partial charge is 0.350 e. The minimum absolute atomic E-state index is 0.0285. The lowest BCUT2D eigenvalue weighted by atomic mass is 10.0. The summed E-state index contributed by atoms with van der Waals surface area (Å²) in [5.74, 6) is 0.828. The van der Waals surface area contributed by atoms with E-state index in [-0.39, 0.29) is 11.9 Å². The van der Waals surface area contributed by atoms with E-state index in [1.807, 2.05) is 14.1 Å². The van der Waals surface area contributed by atoms with E-state index in [0.29, 0.717) is 11.8 Å². The van der Waals surface area contributed by atoms with Crippen LogP contribution in [0.5, 0.6) is 0 Å². The van der Waals surface area contributed by atoms with Crippen molar-refractivity contribution in [3.8, 4) is 0 Å². The zero-order chi connectivity index (χ0) is 13.6. The van der Waals surface area contributed by atoms with Crippen molar-refractivity contribution < 1.29 is 4.79 Å². The molecule has 0 aliphatic heterocycles. The molecule has 0 aromatic heterocycles. The summed E-state index contributed by atoms with van der Waals surface area (Å²) in [6.45, 7) is 9.22. The molecule has 0 heterocycles. The van der Waals surface area contributed by atoms with E-state index in [9.17, 15) is 4.79 Å². The van der Waals surface area contributed by atoms with E-state index < -0.39 is 6.04 Å². The van der Waals surface area contributed by atoms with Gasteiger partial charge >= 0.3 is 0 Å². The van der Waals surface area contributed by atoms with Gasteiger partial charge in [0.25, 0.3) is 0 Å². The number of carbonyl (C=O) groups is 1. The maximum atomic E-state index is 11.9. The molecule has 102 valence electrons. The molecule has 0 saturated heterocycles. The second-order valence-electron chi connectivity index (χ2n) is 5.86. The maximum absolute atomic E-state index is 11.9. The van der Waals surface area contributed by atoms with E-state index in [2.05, 4.69) is 37.9 Å². The third-order valence-corrected chi connectivity index (χ3v) is 2.76. The number of carbonyl (C=O) groups excluding carboxylic acids is 1. The Morgan fingerprint density at radius 3 is 2.12 bits per heavy atom. The summed E-state index contributed by atoms with van der Waals surface area (Å²) in [5, 5.41) is 3.05. The average molecular weight is 243 g/mol. The first-order valence-corrected chi connectivity index (χ1v) is 6.44. The molecule has 3 N–H and O–H groups in total. The van der Waals surface area contributed by atoms with E-state index >= 15 is 0 Å². The lowest BCUT2D eigenvalue weighted by molar-refractivity contribution is -0.123. The predicted octanol–water partition coefficient (Wildman–Crippen LogP) is 1.06. The molecule has 0 radical (unpaired) electrons. The van der Waals surface area contributed by atoms with Crippen LogP contribution in [0.4, 0.5) is 0 Å². The molecule has 0 aromatic rings. The van der Waals surface area contributed by atoms with Crippen molar-refractivity contribution in [2.75, 3.05) is 20.6 Å². The molecule has 0 bridgehead atoms. The van der Waals surface area contributed by atoms with E-state index in [0.717, 1.165) is 13.0 Å². The van der Waals surface area contributed by atoms with Crippen molar-refractivity contribution in [1.29, 1.82) is 0 Å². The Kier molecular flexibility index (Phi) is 7.39. The van der Waals surface area contributed by atoms with Gasteiger partial charge in [0.15, 0.2) is 0 Å². The smallest absolute Gasteiger partial charge is 0.237 e. The van der Waals surface area contributed by atoms with Gasteiger partial charge in [-0.1, -0.05) is 27.7 Å². The number of nitrogens with zero attached hydrogens (tertiary/aromatic N) is 1. The van der Waals surface area contributed by atoms with Gasteiger partial charge in [0.1, 0.15) is 0 Å². The highest BCUT2D eigenvalue weighted by Crippen LogP contribution is 2.06. The third-order valence-electron chi connectivity index (χ3n) is 2.76. The maximum Gasteiger partial charge on any atom is 0.237 e. The Morgan fingerprint density at radius 1 is 1.24 bits per heavy atom. The van der Waals surface area contributed by atoms with Crippen LogP contribution in [0.3, 0.4) is 0 Å². The molecule has 0 aliphatic carbocycles. The van der Waals surface area contributed by atoms with Crippen LogP contribution in [0, 0.1) is 11.8 Å².